The molecular weight excluding hydrogens is 278 g/mol. The summed E-state index contributed by atoms with van der Waals surface area (Å²) >= 11 is 0. The Morgan fingerprint density at radius 1 is 0.824 bits per heavy atom. The minimum Gasteiger partial charge on any atom is -0.395 e. The Bertz CT molecular complexity index is 241. The average molecular weight is 300 g/mol. The number of aliphatic hydroxyl groups excluding tert-OH is 1. The van der Waals surface area contributed by atoms with Crippen LogP contribution < -0.4 is 18.5 Å². The number of nitrogens with zero attached hydrogens (tertiary/aromatic N) is 1. The van der Waals surface area contributed by atoms with Gasteiger partial charge in [-0.1, -0.05) is 0 Å². The SMILES string of the molecule is N.N.N.O=P(O)(O)CN(CCO)CP(=O)(O)O. The van der Waals surface area contributed by atoms with Gasteiger partial charge in [0.25, 0.3) is 0 Å². The fourth-order valence-corrected chi connectivity index (χ4v) is 2.53. The minimum absolute atomic E-state index is 0. The predicted octanol–water partition coefficient (Wildman–Crippen LogP) is -0.963. The molecule has 0 aromatic carbocycles. The lowest BCUT2D eigenvalue weighted by atomic mass is 10.6. The van der Waals surface area contributed by atoms with Crippen molar-refractivity contribution in [2.45, 2.75) is 0 Å². The maximum atomic E-state index is 10.5. The number of aliphatic hydroxyl groups is 1. The van der Waals surface area contributed by atoms with Crippen LogP contribution in [0.25, 0.3) is 0 Å². The highest BCUT2D eigenvalue weighted by Gasteiger charge is 2.24. The first-order valence-electron chi connectivity index (χ1n) is 3.56. The van der Waals surface area contributed by atoms with Crippen molar-refractivity contribution in [3.63, 3.8) is 0 Å². The Morgan fingerprint density at radius 3 is 1.29 bits per heavy atom. The zero-order valence-corrected chi connectivity index (χ0v) is 11.1. The highest BCUT2D eigenvalue weighted by atomic mass is 31.2. The summed E-state index contributed by atoms with van der Waals surface area (Å²) in [7, 11) is -8.73. The summed E-state index contributed by atoms with van der Waals surface area (Å²) in [5, 5.41) is 8.48. The third kappa shape index (κ3) is 18.7. The summed E-state index contributed by atoms with van der Waals surface area (Å²) in [5.41, 5.74) is 0. The first-order valence-corrected chi connectivity index (χ1v) is 7.16. The van der Waals surface area contributed by atoms with Crippen LogP contribution in [-0.2, 0) is 9.13 Å². The molecule has 0 unspecified atom stereocenters. The topological polar surface area (TPSA) is 244 Å². The molecule has 17 heavy (non-hydrogen) atoms. The molecular formula is C4H22N4O7P2. The molecule has 0 atom stereocenters. The van der Waals surface area contributed by atoms with Gasteiger partial charge in [0, 0.05) is 6.54 Å². The standard InChI is InChI=1S/C4H13NO7P2.3H3N/c6-2-1-5(3-13(7,8)9)4-14(10,11)12;;;/h6H,1-4H2,(H2,7,8,9)(H2,10,11,12);3*1H3. The molecule has 0 fully saturated rings. The smallest absolute Gasteiger partial charge is 0.339 e. The van der Waals surface area contributed by atoms with E-state index in [1.54, 1.807) is 0 Å². The number of rotatable bonds is 6. The first-order chi connectivity index (χ1) is 6.14. The van der Waals surface area contributed by atoms with Crippen LogP contribution in [0.5, 0.6) is 0 Å². The number of hydrogen-bond donors (Lipinski definition) is 8. The van der Waals surface area contributed by atoms with E-state index >= 15 is 0 Å². The van der Waals surface area contributed by atoms with Crippen LogP contribution in [0, 0.1) is 0 Å². The van der Waals surface area contributed by atoms with E-state index in [1.165, 1.54) is 0 Å². The summed E-state index contributed by atoms with van der Waals surface area (Å²) in [5.74, 6) is 0. The van der Waals surface area contributed by atoms with Crippen LogP contribution in [0.4, 0.5) is 0 Å². The van der Waals surface area contributed by atoms with E-state index in [2.05, 4.69) is 0 Å². The number of hydrogen-bond acceptors (Lipinski definition) is 7. The molecule has 0 saturated heterocycles. The monoisotopic (exact) mass is 300 g/mol. The molecule has 0 spiro atoms. The second-order valence-electron chi connectivity index (χ2n) is 2.73. The third-order valence-electron chi connectivity index (χ3n) is 1.18. The van der Waals surface area contributed by atoms with E-state index in [9.17, 15) is 9.13 Å². The summed E-state index contributed by atoms with van der Waals surface area (Å²) in [6, 6.07) is 0. The van der Waals surface area contributed by atoms with Crippen molar-refractivity contribution in [1.29, 1.82) is 0 Å². The Morgan fingerprint density at radius 2 is 1.12 bits per heavy atom. The Labute approximate surface area is 98.9 Å². The molecule has 0 aliphatic rings. The van der Waals surface area contributed by atoms with Crippen LogP contribution in [0.3, 0.4) is 0 Å². The summed E-state index contributed by atoms with van der Waals surface area (Å²) in [6.07, 6.45) is -1.56. The highest BCUT2D eigenvalue weighted by molar-refractivity contribution is 7.52. The van der Waals surface area contributed by atoms with E-state index in [0.717, 1.165) is 4.90 Å². The first kappa shape index (κ1) is 25.8. The van der Waals surface area contributed by atoms with Gasteiger partial charge in [-0.05, 0) is 0 Å². The van der Waals surface area contributed by atoms with Crippen molar-refractivity contribution >= 4 is 15.2 Å². The Kier molecular flexibility index (Phi) is 15.3. The van der Waals surface area contributed by atoms with Crippen LogP contribution in [0.2, 0.25) is 0 Å². The minimum atomic E-state index is -4.37. The highest BCUT2D eigenvalue weighted by Crippen LogP contribution is 2.40. The molecule has 11 nitrogen and oxygen atoms in total. The van der Waals surface area contributed by atoms with Crippen LogP contribution in [0.15, 0.2) is 0 Å². The van der Waals surface area contributed by atoms with Gasteiger partial charge in [-0.25, -0.2) is 0 Å². The van der Waals surface area contributed by atoms with Gasteiger partial charge in [0.2, 0.25) is 0 Å². The van der Waals surface area contributed by atoms with Crippen molar-refractivity contribution in [3.8, 4) is 0 Å². The molecule has 0 saturated carbocycles. The fourth-order valence-electron chi connectivity index (χ4n) is 0.849. The molecule has 0 amide bonds. The maximum Gasteiger partial charge on any atom is 0.339 e. The van der Waals surface area contributed by atoms with Crippen LogP contribution in [0.1, 0.15) is 0 Å². The van der Waals surface area contributed by atoms with Gasteiger partial charge in [0.05, 0.1) is 6.61 Å². The zero-order chi connectivity index (χ0) is 11.4. The van der Waals surface area contributed by atoms with Gasteiger partial charge in [-0.3, -0.25) is 14.0 Å². The molecule has 13 heteroatoms. The van der Waals surface area contributed by atoms with Crippen molar-refractivity contribution in [2.75, 3.05) is 25.7 Å². The van der Waals surface area contributed by atoms with Crippen molar-refractivity contribution in [3.05, 3.63) is 0 Å². The maximum absolute atomic E-state index is 10.5. The molecule has 0 radical (unpaired) electrons. The van der Waals surface area contributed by atoms with E-state index in [4.69, 9.17) is 24.7 Å². The quantitative estimate of drug-likeness (QED) is 0.277. The average Bonchev–Trinajstić information content (AvgIpc) is 1.78. The molecule has 0 aromatic rings. The van der Waals surface area contributed by atoms with Gasteiger partial charge in [-0.15, -0.1) is 0 Å². The summed E-state index contributed by atoms with van der Waals surface area (Å²) in [4.78, 5) is 35.0. The van der Waals surface area contributed by atoms with E-state index in [-0.39, 0.29) is 25.0 Å². The third-order valence-corrected chi connectivity index (χ3v) is 2.72. The summed E-state index contributed by atoms with van der Waals surface area (Å²) < 4.78 is 21.0. The Hall–Kier alpha value is 0.1000. The van der Waals surface area contributed by atoms with Gasteiger partial charge in [0.15, 0.2) is 0 Å². The molecule has 0 heterocycles. The summed E-state index contributed by atoms with van der Waals surface area (Å²) in [6.45, 7) is -0.629. The van der Waals surface area contributed by atoms with E-state index in [0.29, 0.717) is 0 Å². The predicted molar refractivity (Wildman–Crippen MR) is 62.7 cm³/mol. The van der Waals surface area contributed by atoms with Crippen molar-refractivity contribution in [1.82, 2.24) is 23.4 Å². The van der Waals surface area contributed by atoms with Gasteiger partial charge >= 0.3 is 15.2 Å². The lowest BCUT2D eigenvalue weighted by molar-refractivity contribution is 0.212. The molecule has 0 aliphatic carbocycles. The van der Waals surface area contributed by atoms with Gasteiger partial charge in [0.1, 0.15) is 12.6 Å². The zero-order valence-electron chi connectivity index (χ0n) is 9.34. The normalized spacial score (nSPS) is 11.2. The van der Waals surface area contributed by atoms with Gasteiger partial charge in [-0.2, -0.15) is 0 Å². The molecule has 0 aromatic heterocycles. The van der Waals surface area contributed by atoms with Crippen LogP contribution >= 0.6 is 15.2 Å². The lowest BCUT2D eigenvalue weighted by Gasteiger charge is -2.21. The molecule has 0 rings (SSSR count). The van der Waals surface area contributed by atoms with Crippen LogP contribution in [-0.4, -0.2) is 55.3 Å². The van der Waals surface area contributed by atoms with E-state index < -0.39 is 34.4 Å². The molecule has 0 bridgehead atoms. The molecule has 14 N–H and O–H groups in total. The fraction of sp³-hybridized carbons (Fsp3) is 1.00. The molecule has 110 valence electrons. The van der Waals surface area contributed by atoms with Crippen molar-refractivity contribution < 1.29 is 33.8 Å². The lowest BCUT2D eigenvalue weighted by Crippen LogP contribution is -2.29. The second kappa shape index (κ2) is 10.1. The van der Waals surface area contributed by atoms with E-state index in [1.807, 2.05) is 0 Å². The Balaban J connectivity index is -0.000000282. The van der Waals surface area contributed by atoms with Crippen molar-refractivity contribution in [2.24, 2.45) is 0 Å². The largest absolute Gasteiger partial charge is 0.395 e. The second-order valence-corrected chi connectivity index (χ2v) is 5.95. The van der Waals surface area contributed by atoms with Gasteiger partial charge < -0.3 is 43.1 Å². The molecule has 0 aliphatic heterocycles.